The van der Waals surface area contributed by atoms with Gasteiger partial charge in [0.25, 0.3) is 0 Å². The maximum atomic E-state index is 9.85. The Labute approximate surface area is 84.2 Å². The zero-order valence-corrected chi connectivity index (χ0v) is 8.88. The van der Waals surface area contributed by atoms with E-state index >= 15 is 0 Å². The number of rotatable bonds is 4. The summed E-state index contributed by atoms with van der Waals surface area (Å²) in [7, 11) is 0. The molecule has 0 aromatic carbocycles. The van der Waals surface area contributed by atoms with E-state index in [0.717, 1.165) is 0 Å². The number of aliphatic hydroxyl groups is 2. The van der Waals surface area contributed by atoms with Gasteiger partial charge in [-0.3, -0.25) is 4.68 Å². The van der Waals surface area contributed by atoms with Crippen LogP contribution in [-0.4, -0.2) is 26.1 Å². The van der Waals surface area contributed by atoms with Gasteiger partial charge >= 0.3 is 0 Å². The second kappa shape index (κ2) is 4.57. The van der Waals surface area contributed by atoms with Crippen molar-refractivity contribution in [1.29, 1.82) is 0 Å². The van der Waals surface area contributed by atoms with E-state index in [1.807, 2.05) is 20.8 Å². The van der Waals surface area contributed by atoms with E-state index in [9.17, 15) is 10.2 Å². The molecule has 2 unspecified atom stereocenters. The second-order valence-electron chi connectivity index (χ2n) is 3.75. The fourth-order valence-electron chi connectivity index (χ4n) is 1.40. The van der Waals surface area contributed by atoms with Crippen LogP contribution in [0.5, 0.6) is 0 Å². The molecule has 80 valence electrons. The number of aromatic nitrogens is 2. The molecule has 1 rings (SSSR count). The van der Waals surface area contributed by atoms with E-state index in [2.05, 4.69) is 5.10 Å². The van der Waals surface area contributed by atoms with Gasteiger partial charge in [0.1, 0.15) is 6.10 Å². The molecule has 0 spiro atoms. The minimum absolute atomic E-state index is 0.0326. The van der Waals surface area contributed by atoms with Gasteiger partial charge in [0.15, 0.2) is 0 Å². The average Bonchev–Trinajstić information content (AvgIpc) is 2.62. The quantitative estimate of drug-likeness (QED) is 0.757. The van der Waals surface area contributed by atoms with Crippen molar-refractivity contribution in [2.45, 2.75) is 39.5 Å². The first-order valence-corrected chi connectivity index (χ1v) is 4.95. The molecule has 0 amide bonds. The average molecular weight is 198 g/mol. The van der Waals surface area contributed by atoms with Gasteiger partial charge in [0, 0.05) is 12.7 Å². The predicted octanol–water partition coefficient (Wildman–Crippen LogP) is 0.953. The molecule has 0 aliphatic heterocycles. The number of nitrogens with zero attached hydrogens (tertiary/aromatic N) is 2. The Morgan fingerprint density at radius 2 is 2.07 bits per heavy atom. The maximum Gasteiger partial charge on any atom is 0.122 e. The SMILES string of the molecule is CCn1nccc1C(O)C(O)C(C)C. The van der Waals surface area contributed by atoms with Gasteiger partial charge in [-0.15, -0.1) is 0 Å². The van der Waals surface area contributed by atoms with Crippen LogP contribution in [0.15, 0.2) is 12.3 Å². The van der Waals surface area contributed by atoms with Crippen molar-refractivity contribution in [2.75, 3.05) is 0 Å². The molecule has 1 aromatic rings. The summed E-state index contributed by atoms with van der Waals surface area (Å²) in [4.78, 5) is 0. The standard InChI is InChI=1S/C10H18N2O2/c1-4-12-8(5-6-11-12)10(14)9(13)7(2)3/h5-7,9-10,13-14H,4H2,1-3H3. The van der Waals surface area contributed by atoms with Gasteiger partial charge in [0.2, 0.25) is 0 Å². The summed E-state index contributed by atoms with van der Waals surface area (Å²) in [6.45, 7) is 6.40. The molecule has 0 saturated heterocycles. The molecule has 0 saturated carbocycles. The van der Waals surface area contributed by atoms with Gasteiger partial charge in [-0.25, -0.2) is 0 Å². The Morgan fingerprint density at radius 1 is 1.43 bits per heavy atom. The topological polar surface area (TPSA) is 58.3 Å². The molecule has 2 atom stereocenters. The lowest BCUT2D eigenvalue weighted by atomic mass is 10.00. The van der Waals surface area contributed by atoms with Gasteiger partial charge in [-0.05, 0) is 18.9 Å². The largest absolute Gasteiger partial charge is 0.390 e. The molecule has 1 aromatic heterocycles. The first kappa shape index (κ1) is 11.2. The summed E-state index contributed by atoms with van der Waals surface area (Å²) in [5.74, 6) is 0.0326. The van der Waals surface area contributed by atoms with Crippen LogP contribution in [0.2, 0.25) is 0 Å². The number of aryl methyl sites for hydroxylation is 1. The summed E-state index contributed by atoms with van der Waals surface area (Å²) in [5, 5.41) is 23.6. The van der Waals surface area contributed by atoms with Gasteiger partial charge in [0.05, 0.1) is 11.8 Å². The molecule has 0 bridgehead atoms. The lowest BCUT2D eigenvalue weighted by Gasteiger charge is -2.21. The van der Waals surface area contributed by atoms with Crippen molar-refractivity contribution in [1.82, 2.24) is 9.78 Å². The highest BCUT2D eigenvalue weighted by atomic mass is 16.3. The zero-order valence-electron chi connectivity index (χ0n) is 8.88. The summed E-state index contributed by atoms with van der Waals surface area (Å²) in [6, 6.07) is 1.74. The van der Waals surface area contributed by atoms with Crippen LogP contribution >= 0.6 is 0 Å². The maximum absolute atomic E-state index is 9.85. The van der Waals surface area contributed by atoms with Gasteiger partial charge < -0.3 is 10.2 Å². The Morgan fingerprint density at radius 3 is 2.57 bits per heavy atom. The third-order valence-electron chi connectivity index (χ3n) is 2.36. The molecule has 14 heavy (non-hydrogen) atoms. The fourth-order valence-corrected chi connectivity index (χ4v) is 1.40. The Bertz CT molecular complexity index is 283. The summed E-state index contributed by atoms with van der Waals surface area (Å²) in [6.07, 6.45) is 0.0456. The number of hydrogen-bond donors (Lipinski definition) is 2. The van der Waals surface area contributed by atoms with Crippen molar-refractivity contribution in [2.24, 2.45) is 5.92 Å². The molecular formula is C10H18N2O2. The Balaban J connectivity index is 2.83. The van der Waals surface area contributed by atoms with Crippen molar-refractivity contribution in [3.63, 3.8) is 0 Å². The van der Waals surface area contributed by atoms with Gasteiger partial charge in [-0.2, -0.15) is 5.10 Å². The predicted molar refractivity (Wildman–Crippen MR) is 53.7 cm³/mol. The lowest BCUT2D eigenvalue weighted by Crippen LogP contribution is -2.26. The molecular weight excluding hydrogens is 180 g/mol. The molecule has 0 fully saturated rings. The minimum Gasteiger partial charge on any atom is -0.390 e. The molecule has 4 heteroatoms. The molecule has 0 radical (unpaired) electrons. The normalized spacial score (nSPS) is 15.9. The molecule has 2 N–H and O–H groups in total. The Kier molecular flexibility index (Phi) is 3.66. The highest BCUT2D eigenvalue weighted by Crippen LogP contribution is 2.21. The van der Waals surface area contributed by atoms with E-state index in [0.29, 0.717) is 12.2 Å². The van der Waals surface area contributed by atoms with Crippen LogP contribution in [0.4, 0.5) is 0 Å². The number of aliphatic hydroxyl groups excluding tert-OH is 2. The molecule has 0 aliphatic carbocycles. The van der Waals surface area contributed by atoms with E-state index < -0.39 is 12.2 Å². The molecule has 4 nitrogen and oxygen atoms in total. The highest BCUT2D eigenvalue weighted by molar-refractivity contribution is 5.06. The Hall–Kier alpha value is -0.870. The van der Waals surface area contributed by atoms with Crippen LogP contribution in [0.1, 0.15) is 32.6 Å². The summed E-state index contributed by atoms with van der Waals surface area (Å²) in [5.41, 5.74) is 0.675. The van der Waals surface area contributed by atoms with Crippen LogP contribution in [-0.2, 0) is 6.54 Å². The van der Waals surface area contributed by atoms with Gasteiger partial charge in [-0.1, -0.05) is 13.8 Å². The molecule has 0 aliphatic rings. The summed E-state index contributed by atoms with van der Waals surface area (Å²) < 4.78 is 1.69. The smallest absolute Gasteiger partial charge is 0.122 e. The third kappa shape index (κ3) is 2.13. The van der Waals surface area contributed by atoms with Crippen molar-refractivity contribution in [3.05, 3.63) is 18.0 Å². The first-order valence-electron chi connectivity index (χ1n) is 4.95. The van der Waals surface area contributed by atoms with E-state index in [1.54, 1.807) is 16.9 Å². The molecule has 1 heterocycles. The lowest BCUT2D eigenvalue weighted by molar-refractivity contribution is -0.0139. The zero-order chi connectivity index (χ0) is 10.7. The third-order valence-corrected chi connectivity index (χ3v) is 2.36. The van der Waals surface area contributed by atoms with Crippen LogP contribution in [0.3, 0.4) is 0 Å². The van der Waals surface area contributed by atoms with Crippen molar-refractivity contribution in [3.8, 4) is 0 Å². The first-order chi connectivity index (χ1) is 6.57. The van der Waals surface area contributed by atoms with E-state index in [4.69, 9.17) is 0 Å². The van der Waals surface area contributed by atoms with Crippen LogP contribution in [0, 0.1) is 5.92 Å². The highest BCUT2D eigenvalue weighted by Gasteiger charge is 2.23. The van der Waals surface area contributed by atoms with Crippen LogP contribution in [0.25, 0.3) is 0 Å². The van der Waals surface area contributed by atoms with E-state index in [1.165, 1.54) is 0 Å². The summed E-state index contributed by atoms with van der Waals surface area (Å²) >= 11 is 0. The van der Waals surface area contributed by atoms with Crippen molar-refractivity contribution < 1.29 is 10.2 Å². The fraction of sp³-hybridized carbons (Fsp3) is 0.700. The second-order valence-corrected chi connectivity index (χ2v) is 3.75. The monoisotopic (exact) mass is 198 g/mol. The number of hydrogen-bond acceptors (Lipinski definition) is 3. The van der Waals surface area contributed by atoms with E-state index in [-0.39, 0.29) is 5.92 Å². The van der Waals surface area contributed by atoms with Crippen LogP contribution < -0.4 is 0 Å². The van der Waals surface area contributed by atoms with Crippen molar-refractivity contribution >= 4 is 0 Å². The minimum atomic E-state index is -0.850.